The number of rotatable bonds is 7. The van der Waals surface area contributed by atoms with Gasteiger partial charge < -0.3 is 15.4 Å². The maximum absolute atomic E-state index is 12.2. The molecule has 1 aromatic rings. The van der Waals surface area contributed by atoms with Crippen LogP contribution in [0.15, 0.2) is 30.3 Å². The number of urea groups is 1. The van der Waals surface area contributed by atoms with Crippen molar-refractivity contribution in [2.45, 2.75) is 32.5 Å². The van der Waals surface area contributed by atoms with Crippen LogP contribution in [0.1, 0.15) is 19.4 Å². The highest BCUT2D eigenvalue weighted by atomic mass is 16.5. The molecule has 2 aliphatic heterocycles. The van der Waals surface area contributed by atoms with Gasteiger partial charge in [-0.2, -0.15) is 0 Å². The zero-order chi connectivity index (χ0) is 20.1. The van der Waals surface area contributed by atoms with Gasteiger partial charge in [0.05, 0.1) is 12.7 Å². The minimum atomic E-state index is -0.562. The lowest BCUT2D eigenvalue weighted by Gasteiger charge is -2.33. The molecule has 152 valence electrons. The first-order valence-corrected chi connectivity index (χ1v) is 9.70. The molecule has 0 bridgehead atoms. The second-order valence-electron chi connectivity index (χ2n) is 7.61. The first kappa shape index (κ1) is 20.3. The Morgan fingerprint density at radius 3 is 2.71 bits per heavy atom. The lowest BCUT2D eigenvalue weighted by atomic mass is 10.1. The van der Waals surface area contributed by atoms with Crippen molar-refractivity contribution in [1.82, 2.24) is 20.4 Å². The smallest absolute Gasteiger partial charge is 0.325 e. The number of ether oxygens (including phenoxy) is 1. The van der Waals surface area contributed by atoms with Crippen LogP contribution in [0.25, 0.3) is 0 Å². The van der Waals surface area contributed by atoms with Gasteiger partial charge in [-0.25, -0.2) is 4.79 Å². The van der Waals surface area contributed by atoms with Crippen LogP contribution in [0.4, 0.5) is 4.79 Å². The Bertz CT molecular complexity index is 709. The molecule has 8 heteroatoms. The molecule has 0 aliphatic carbocycles. The zero-order valence-electron chi connectivity index (χ0n) is 16.4. The molecule has 0 radical (unpaired) electrons. The van der Waals surface area contributed by atoms with Gasteiger partial charge in [0.15, 0.2) is 0 Å². The molecule has 2 heterocycles. The van der Waals surface area contributed by atoms with Crippen molar-refractivity contribution in [2.75, 3.05) is 32.8 Å². The van der Waals surface area contributed by atoms with Gasteiger partial charge >= 0.3 is 6.03 Å². The average Bonchev–Trinajstić information content (AvgIpc) is 2.96. The van der Waals surface area contributed by atoms with Crippen LogP contribution in [0, 0.1) is 5.92 Å². The van der Waals surface area contributed by atoms with Crippen molar-refractivity contribution in [3.8, 4) is 0 Å². The van der Waals surface area contributed by atoms with Crippen LogP contribution in [-0.2, 0) is 20.9 Å². The summed E-state index contributed by atoms with van der Waals surface area (Å²) in [7, 11) is 0. The summed E-state index contributed by atoms with van der Waals surface area (Å²) in [5.74, 6) is -0.731. The largest absolute Gasteiger partial charge is 0.374 e. The van der Waals surface area contributed by atoms with Crippen molar-refractivity contribution in [3.63, 3.8) is 0 Å². The average molecular weight is 388 g/mol. The van der Waals surface area contributed by atoms with Crippen LogP contribution in [-0.4, -0.2) is 72.6 Å². The third kappa shape index (κ3) is 5.08. The van der Waals surface area contributed by atoms with Crippen molar-refractivity contribution >= 4 is 17.8 Å². The van der Waals surface area contributed by atoms with E-state index >= 15 is 0 Å². The number of nitrogens with one attached hydrogen (secondary N) is 2. The molecule has 4 amide bonds. The van der Waals surface area contributed by atoms with E-state index in [4.69, 9.17) is 4.74 Å². The monoisotopic (exact) mass is 388 g/mol. The highest BCUT2D eigenvalue weighted by Crippen LogP contribution is 2.13. The number of morpholine rings is 1. The molecular weight excluding hydrogens is 360 g/mol. The lowest BCUT2D eigenvalue weighted by molar-refractivity contribution is -0.133. The Labute approximate surface area is 165 Å². The number of carbonyl (C=O) groups excluding carboxylic acids is 3. The first-order valence-electron chi connectivity index (χ1n) is 9.70. The van der Waals surface area contributed by atoms with Gasteiger partial charge in [-0.1, -0.05) is 44.2 Å². The molecule has 0 unspecified atom stereocenters. The summed E-state index contributed by atoms with van der Waals surface area (Å²) in [6, 6.07) is 9.15. The number of amides is 4. The van der Waals surface area contributed by atoms with E-state index in [0.717, 1.165) is 18.0 Å². The molecule has 2 aliphatic rings. The van der Waals surface area contributed by atoms with Gasteiger partial charge in [0.1, 0.15) is 12.6 Å². The van der Waals surface area contributed by atoms with Gasteiger partial charge in [0.2, 0.25) is 5.91 Å². The van der Waals surface area contributed by atoms with Crippen molar-refractivity contribution in [2.24, 2.45) is 5.92 Å². The second-order valence-corrected chi connectivity index (χ2v) is 7.61. The third-order valence-corrected chi connectivity index (χ3v) is 5.02. The summed E-state index contributed by atoms with van der Waals surface area (Å²) in [5.41, 5.74) is 1.24. The Kier molecular flexibility index (Phi) is 6.64. The molecule has 0 saturated carbocycles. The number of hydrogen-bond acceptors (Lipinski definition) is 5. The Morgan fingerprint density at radius 2 is 2.04 bits per heavy atom. The highest BCUT2D eigenvalue weighted by Gasteiger charge is 2.40. The van der Waals surface area contributed by atoms with Gasteiger partial charge in [0, 0.05) is 26.2 Å². The fraction of sp³-hybridized carbons (Fsp3) is 0.550. The summed E-state index contributed by atoms with van der Waals surface area (Å²) in [5, 5.41) is 5.40. The van der Waals surface area contributed by atoms with Crippen molar-refractivity contribution in [3.05, 3.63) is 35.9 Å². The molecule has 1 aromatic carbocycles. The standard InChI is InChI=1S/C20H28N4O4/c1-14(2)18-19(26)24(20(27)22-18)13-17(25)21-10-16-12-23(8-9-28-16)11-15-6-4-3-5-7-15/h3-7,14,16,18H,8-13H2,1-2H3,(H,21,25)(H,22,27)/t16-,18+/m0/s1. The van der Waals surface area contributed by atoms with Gasteiger partial charge in [0.25, 0.3) is 5.91 Å². The van der Waals surface area contributed by atoms with E-state index in [2.05, 4.69) is 27.7 Å². The summed E-state index contributed by atoms with van der Waals surface area (Å²) >= 11 is 0. The fourth-order valence-electron chi connectivity index (χ4n) is 3.46. The maximum Gasteiger partial charge on any atom is 0.325 e. The number of hydrogen-bond donors (Lipinski definition) is 2. The van der Waals surface area contributed by atoms with Crippen molar-refractivity contribution in [1.29, 1.82) is 0 Å². The van der Waals surface area contributed by atoms with Crippen LogP contribution in [0.5, 0.6) is 0 Å². The normalized spacial score (nSPS) is 23.2. The molecule has 2 saturated heterocycles. The minimum Gasteiger partial charge on any atom is -0.374 e. The quantitative estimate of drug-likeness (QED) is 0.667. The molecular formula is C20H28N4O4. The molecule has 0 spiro atoms. The van der Waals surface area contributed by atoms with Gasteiger partial charge in [-0.3, -0.25) is 19.4 Å². The highest BCUT2D eigenvalue weighted by molar-refractivity contribution is 6.06. The molecule has 28 heavy (non-hydrogen) atoms. The number of nitrogens with zero attached hydrogens (tertiary/aromatic N) is 2. The van der Waals surface area contributed by atoms with E-state index < -0.39 is 12.1 Å². The van der Waals surface area contributed by atoms with Gasteiger partial charge in [-0.05, 0) is 11.5 Å². The summed E-state index contributed by atoms with van der Waals surface area (Å²) in [6.07, 6.45) is -0.118. The maximum atomic E-state index is 12.2. The van der Waals surface area contributed by atoms with Crippen LogP contribution in [0.3, 0.4) is 0 Å². The van der Waals surface area contributed by atoms with E-state index in [9.17, 15) is 14.4 Å². The number of imide groups is 1. The number of benzene rings is 1. The van der Waals surface area contributed by atoms with E-state index in [1.807, 2.05) is 32.0 Å². The summed E-state index contributed by atoms with van der Waals surface area (Å²) < 4.78 is 5.74. The third-order valence-electron chi connectivity index (χ3n) is 5.02. The predicted octanol–water partition coefficient (Wildman–Crippen LogP) is 0.580. The van der Waals surface area contributed by atoms with Gasteiger partial charge in [-0.15, -0.1) is 0 Å². The fourth-order valence-corrected chi connectivity index (χ4v) is 3.46. The first-order chi connectivity index (χ1) is 13.4. The second kappa shape index (κ2) is 9.16. The topological polar surface area (TPSA) is 91.0 Å². The predicted molar refractivity (Wildman–Crippen MR) is 103 cm³/mol. The van der Waals surface area contributed by atoms with Crippen LogP contribution >= 0.6 is 0 Å². The summed E-state index contributed by atoms with van der Waals surface area (Å²) in [4.78, 5) is 39.7. The van der Waals surface area contributed by atoms with E-state index in [1.165, 1.54) is 5.56 Å². The number of carbonyl (C=O) groups is 3. The Balaban J connectivity index is 1.44. The molecule has 8 nitrogen and oxygen atoms in total. The summed E-state index contributed by atoms with van der Waals surface area (Å²) in [6.45, 7) is 6.80. The van der Waals surface area contributed by atoms with Crippen molar-refractivity contribution < 1.29 is 19.1 Å². The molecule has 2 atom stereocenters. The molecule has 0 aromatic heterocycles. The molecule has 2 fully saturated rings. The van der Waals surface area contributed by atoms with E-state index in [0.29, 0.717) is 19.7 Å². The zero-order valence-corrected chi connectivity index (χ0v) is 16.4. The van der Waals surface area contributed by atoms with E-state index in [1.54, 1.807) is 0 Å². The lowest BCUT2D eigenvalue weighted by Crippen LogP contribution is -2.49. The van der Waals surface area contributed by atoms with Crippen LogP contribution < -0.4 is 10.6 Å². The van der Waals surface area contributed by atoms with Crippen LogP contribution in [0.2, 0.25) is 0 Å². The Hall–Kier alpha value is -2.45. The Morgan fingerprint density at radius 1 is 1.29 bits per heavy atom. The minimum absolute atomic E-state index is 0.0178. The molecule has 3 rings (SSSR count). The molecule has 2 N–H and O–H groups in total. The van der Waals surface area contributed by atoms with E-state index in [-0.39, 0.29) is 30.4 Å². The SMILES string of the molecule is CC(C)[C@H]1NC(=O)N(CC(=O)NC[C@H]2CN(Cc3ccccc3)CCO2)C1=O.